The maximum absolute atomic E-state index is 13.2. The van der Waals surface area contributed by atoms with Crippen LogP contribution in [0.5, 0.6) is 5.88 Å². The summed E-state index contributed by atoms with van der Waals surface area (Å²) in [7, 11) is 0. The molecular weight excluding hydrogens is 411 g/mol. The van der Waals surface area contributed by atoms with Crippen molar-refractivity contribution in [1.29, 1.82) is 0 Å². The molecule has 0 radical (unpaired) electrons. The van der Waals surface area contributed by atoms with E-state index >= 15 is 0 Å². The molecule has 7 nitrogen and oxygen atoms in total. The summed E-state index contributed by atoms with van der Waals surface area (Å²) in [6.45, 7) is 4.15. The van der Waals surface area contributed by atoms with Crippen LogP contribution in [0.4, 0.5) is 16.0 Å². The molecule has 166 valence electrons. The lowest BCUT2D eigenvalue weighted by Crippen LogP contribution is -2.28. The van der Waals surface area contributed by atoms with E-state index < -0.39 is 0 Å². The second-order valence-electron chi connectivity index (χ2n) is 7.29. The van der Waals surface area contributed by atoms with E-state index in [-0.39, 0.29) is 29.8 Å². The molecule has 0 saturated heterocycles. The molecule has 32 heavy (non-hydrogen) atoms. The number of amides is 1. The largest absolute Gasteiger partial charge is 0.472 e. The van der Waals surface area contributed by atoms with Crippen molar-refractivity contribution in [3.63, 3.8) is 0 Å². The molecule has 2 heterocycles. The van der Waals surface area contributed by atoms with E-state index in [1.165, 1.54) is 23.9 Å². The van der Waals surface area contributed by atoms with E-state index in [4.69, 9.17) is 9.47 Å². The van der Waals surface area contributed by atoms with Crippen LogP contribution in [-0.2, 0) is 17.8 Å². The highest BCUT2D eigenvalue weighted by atomic mass is 19.1. The molecule has 8 heteroatoms. The zero-order chi connectivity index (χ0) is 22.3. The Bertz CT molecular complexity index is 1080. The van der Waals surface area contributed by atoms with Crippen LogP contribution >= 0.6 is 0 Å². The Morgan fingerprint density at radius 1 is 1.19 bits per heavy atom. The van der Waals surface area contributed by atoms with E-state index in [1.54, 1.807) is 12.1 Å². The maximum Gasteiger partial charge on any atom is 0.258 e. The van der Waals surface area contributed by atoms with Crippen molar-refractivity contribution < 1.29 is 18.7 Å². The predicted octanol–water partition coefficient (Wildman–Crippen LogP) is 3.66. The molecule has 0 spiro atoms. The van der Waals surface area contributed by atoms with Crippen LogP contribution in [-0.4, -0.2) is 42.2 Å². The fourth-order valence-corrected chi connectivity index (χ4v) is 3.51. The van der Waals surface area contributed by atoms with Gasteiger partial charge in [-0.25, -0.2) is 9.37 Å². The maximum atomic E-state index is 13.2. The number of hydrogen-bond donors (Lipinski definition) is 1. The van der Waals surface area contributed by atoms with Gasteiger partial charge in [0.15, 0.2) is 0 Å². The Kier molecular flexibility index (Phi) is 6.91. The van der Waals surface area contributed by atoms with Gasteiger partial charge in [0.25, 0.3) is 5.91 Å². The molecule has 0 fully saturated rings. The van der Waals surface area contributed by atoms with Crippen LogP contribution in [0.15, 0.2) is 54.7 Å². The van der Waals surface area contributed by atoms with E-state index in [9.17, 15) is 9.18 Å². The van der Waals surface area contributed by atoms with Gasteiger partial charge >= 0.3 is 0 Å². The van der Waals surface area contributed by atoms with Gasteiger partial charge in [0.1, 0.15) is 18.0 Å². The molecule has 4 rings (SSSR count). The fourth-order valence-electron chi connectivity index (χ4n) is 3.51. The van der Waals surface area contributed by atoms with Crippen LogP contribution in [0.3, 0.4) is 0 Å². The summed E-state index contributed by atoms with van der Waals surface area (Å²) in [4.78, 5) is 23.8. The number of fused-ring (bicyclic) bond motifs is 1. The number of carbonyl (C=O) groups is 1. The minimum atomic E-state index is -0.341. The Balaban J connectivity index is 1.57. The zero-order valence-corrected chi connectivity index (χ0v) is 17.9. The van der Waals surface area contributed by atoms with E-state index in [0.29, 0.717) is 25.7 Å². The van der Waals surface area contributed by atoms with Gasteiger partial charge in [-0.05, 0) is 42.7 Å². The molecule has 0 unspecified atom stereocenters. The standard InChI is InChI=1S/C24H25FN4O3/c1-2-31-14-12-26-22(30)20-15-27-24(29-13-11-18-5-3-4-6-21(18)29)28-23(20)32-16-17-7-9-19(25)10-8-17/h3-10,15H,2,11-14,16H2,1H3,(H,26,30). The van der Waals surface area contributed by atoms with Crippen molar-refractivity contribution in [3.8, 4) is 5.88 Å². The molecule has 1 amide bonds. The SMILES string of the molecule is CCOCCNC(=O)c1cnc(N2CCc3ccccc32)nc1OCc1ccc(F)cc1. The molecular formula is C24H25FN4O3. The minimum Gasteiger partial charge on any atom is -0.472 e. The number of anilines is 2. The number of aromatic nitrogens is 2. The first-order valence-corrected chi connectivity index (χ1v) is 10.6. The molecule has 0 saturated carbocycles. The lowest BCUT2D eigenvalue weighted by Gasteiger charge is -2.19. The molecule has 1 aromatic heterocycles. The highest BCUT2D eigenvalue weighted by molar-refractivity contribution is 5.96. The molecule has 2 aromatic carbocycles. The first-order chi connectivity index (χ1) is 15.7. The number of ether oxygens (including phenoxy) is 2. The van der Waals surface area contributed by atoms with Crippen LogP contribution in [0.1, 0.15) is 28.4 Å². The Morgan fingerprint density at radius 2 is 2.00 bits per heavy atom. The second kappa shape index (κ2) is 10.2. The molecule has 1 aliphatic heterocycles. The topological polar surface area (TPSA) is 76.6 Å². The van der Waals surface area contributed by atoms with Gasteiger partial charge in [-0.15, -0.1) is 0 Å². The van der Waals surface area contributed by atoms with Gasteiger partial charge in [0.05, 0.1) is 6.61 Å². The number of halogens is 1. The highest BCUT2D eigenvalue weighted by Gasteiger charge is 2.24. The van der Waals surface area contributed by atoms with Gasteiger partial charge in [0, 0.05) is 31.6 Å². The van der Waals surface area contributed by atoms with Crippen molar-refractivity contribution in [2.75, 3.05) is 31.2 Å². The van der Waals surface area contributed by atoms with Crippen LogP contribution < -0.4 is 15.0 Å². The Morgan fingerprint density at radius 3 is 2.81 bits per heavy atom. The quantitative estimate of drug-likeness (QED) is 0.516. The molecule has 0 bridgehead atoms. The number of para-hydroxylation sites is 1. The smallest absolute Gasteiger partial charge is 0.258 e. The summed E-state index contributed by atoms with van der Waals surface area (Å²) in [6.07, 6.45) is 2.38. The van der Waals surface area contributed by atoms with Crippen molar-refractivity contribution in [3.05, 3.63) is 77.2 Å². The number of carbonyl (C=O) groups excluding carboxylic acids is 1. The normalized spacial score (nSPS) is 12.5. The summed E-state index contributed by atoms with van der Waals surface area (Å²) in [5.41, 5.74) is 3.27. The van der Waals surface area contributed by atoms with Crippen LogP contribution in [0.25, 0.3) is 0 Å². The van der Waals surface area contributed by atoms with Crippen molar-refractivity contribution in [1.82, 2.24) is 15.3 Å². The lowest BCUT2D eigenvalue weighted by atomic mass is 10.2. The van der Waals surface area contributed by atoms with Gasteiger partial charge in [-0.2, -0.15) is 4.98 Å². The minimum absolute atomic E-state index is 0.145. The third-order valence-corrected chi connectivity index (χ3v) is 5.14. The Labute approximate surface area is 186 Å². The average molecular weight is 436 g/mol. The fraction of sp³-hybridized carbons (Fsp3) is 0.292. The lowest BCUT2D eigenvalue weighted by molar-refractivity contribution is 0.0917. The van der Waals surface area contributed by atoms with Crippen molar-refractivity contribution in [2.24, 2.45) is 0 Å². The van der Waals surface area contributed by atoms with E-state index in [2.05, 4.69) is 21.4 Å². The van der Waals surface area contributed by atoms with E-state index in [1.807, 2.05) is 30.0 Å². The summed E-state index contributed by atoms with van der Waals surface area (Å²) < 4.78 is 24.4. The monoisotopic (exact) mass is 436 g/mol. The van der Waals surface area contributed by atoms with Gasteiger partial charge in [-0.3, -0.25) is 4.79 Å². The zero-order valence-electron chi connectivity index (χ0n) is 17.9. The summed E-state index contributed by atoms with van der Waals surface area (Å²) >= 11 is 0. The first kappa shape index (κ1) is 21.7. The summed E-state index contributed by atoms with van der Waals surface area (Å²) in [6, 6.07) is 14.1. The molecule has 3 aromatic rings. The highest BCUT2D eigenvalue weighted by Crippen LogP contribution is 2.33. The van der Waals surface area contributed by atoms with Crippen LogP contribution in [0, 0.1) is 5.82 Å². The predicted molar refractivity (Wildman–Crippen MR) is 119 cm³/mol. The Hall–Kier alpha value is -3.52. The molecule has 0 atom stereocenters. The van der Waals surface area contributed by atoms with Crippen molar-refractivity contribution in [2.45, 2.75) is 20.0 Å². The average Bonchev–Trinajstić information content (AvgIpc) is 3.25. The number of benzene rings is 2. The number of hydrogen-bond acceptors (Lipinski definition) is 6. The van der Waals surface area contributed by atoms with Gasteiger partial charge < -0.3 is 19.7 Å². The first-order valence-electron chi connectivity index (χ1n) is 10.6. The summed E-state index contributed by atoms with van der Waals surface area (Å²) in [5, 5.41) is 2.80. The molecule has 0 aliphatic carbocycles. The van der Waals surface area contributed by atoms with Crippen molar-refractivity contribution >= 4 is 17.5 Å². The van der Waals surface area contributed by atoms with Gasteiger partial charge in [0.2, 0.25) is 11.8 Å². The number of nitrogens with zero attached hydrogens (tertiary/aromatic N) is 3. The molecule has 1 N–H and O–H groups in total. The summed E-state index contributed by atoms with van der Waals surface area (Å²) in [5.74, 6) is -0.0140. The third-order valence-electron chi connectivity index (χ3n) is 5.14. The number of rotatable bonds is 9. The van der Waals surface area contributed by atoms with Gasteiger partial charge in [-0.1, -0.05) is 30.3 Å². The molecule has 1 aliphatic rings. The van der Waals surface area contributed by atoms with E-state index in [0.717, 1.165) is 24.2 Å². The second-order valence-corrected chi connectivity index (χ2v) is 7.29. The third kappa shape index (κ3) is 5.03. The number of nitrogens with one attached hydrogen (secondary N) is 1. The van der Waals surface area contributed by atoms with Crippen LogP contribution in [0.2, 0.25) is 0 Å².